The molecule has 5 atom stereocenters. The van der Waals surface area contributed by atoms with E-state index in [1.54, 1.807) is 13.8 Å². The van der Waals surface area contributed by atoms with Crippen LogP contribution < -0.4 is 0 Å². The summed E-state index contributed by atoms with van der Waals surface area (Å²) in [5, 5.41) is 12.0. The van der Waals surface area contributed by atoms with Crippen LogP contribution in [0.4, 0.5) is 13.2 Å². The Kier molecular flexibility index (Phi) is 7.27. The van der Waals surface area contributed by atoms with Gasteiger partial charge in [0, 0.05) is 18.5 Å². The van der Waals surface area contributed by atoms with Crippen molar-refractivity contribution in [2.24, 2.45) is 22.7 Å². The Morgan fingerprint density at radius 1 is 1.03 bits per heavy atom. The van der Waals surface area contributed by atoms with Gasteiger partial charge in [-0.25, -0.2) is 0 Å². The van der Waals surface area contributed by atoms with Crippen molar-refractivity contribution in [2.75, 3.05) is 13.2 Å². The molecule has 0 radical (unpaired) electrons. The van der Waals surface area contributed by atoms with Gasteiger partial charge in [-0.1, -0.05) is 38.2 Å². The SMILES string of the molecule is CC1C=C2CC2=CC(C)(C(=O)OCC(CN([O-])SC(F)(F)F)OC(=O)C2(C)C=C3CC3=CC(C)C2)C1. The maximum atomic E-state index is 13.2. The monoisotopic (exact) mass is 526 g/mol. The van der Waals surface area contributed by atoms with Crippen LogP contribution in [0.3, 0.4) is 0 Å². The van der Waals surface area contributed by atoms with Gasteiger partial charge in [0.2, 0.25) is 0 Å². The van der Waals surface area contributed by atoms with Crippen molar-refractivity contribution in [1.82, 2.24) is 4.47 Å². The lowest BCUT2D eigenvalue weighted by atomic mass is 9.81. The van der Waals surface area contributed by atoms with Gasteiger partial charge in [-0.2, -0.15) is 13.2 Å². The summed E-state index contributed by atoms with van der Waals surface area (Å²) in [7, 11) is 0. The largest absolute Gasteiger partial charge is 0.775 e. The van der Waals surface area contributed by atoms with Crippen LogP contribution in [0.1, 0.15) is 53.4 Å². The zero-order valence-corrected chi connectivity index (χ0v) is 21.6. The highest BCUT2D eigenvalue weighted by atomic mass is 32.2. The first-order valence-electron chi connectivity index (χ1n) is 12.1. The molecule has 0 aliphatic heterocycles. The molecular formula is C26H31F3NO5S-. The number of alkyl halides is 3. The molecule has 0 aromatic carbocycles. The van der Waals surface area contributed by atoms with E-state index in [0.717, 1.165) is 24.0 Å². The van der Waals surface area contributed by atoms with Crippen molar-refractivity contribution in [3.63, 3.8) is 0 Å². The maximum absolute atomic E-state index is 13.2. The van der Waals surface area contributed by atoms with Crippen molar-refractivity contribution in [3.8, 4) is 0 Å². The van der Waals surface area contributed by atoms with Crippen LogP contribution in [0, 0.1) is 27.9 Å². The highest BCUT2D eigenvalue weighted by molar-refractivity contribution is 7.97. The molecule has 0 aromatic heterocycles. The number of hydrogen-bond donors (Lipinski definition) is 0. The second-order valence-electron chi connectivity index (χ2n) is 11.0. The molecule has 0 N–H and O–H groups in total. The third-order valence-corrected chi connectivity index (χ3v) is 7.51. The van der Waals surface area contributed by atoms with Crippen LogP contribution in [0.5, 0.6) is 0 Å². The van der Waals surface area contributed by atoms with Gasteiger partial charge in [0.25, 0.3) is 0 Å². The molecule has 6 nitrogen and oxygen atoms in total. The Morgan fingerprint density at radius 3 is 2.03 bits per heavy atom. The van der Waals surface area contributed by atoms with Crippen LogP contribution in [0.25, 0.3) is 0 Å². The minimum absolute atomic E-state index is 0.105. The molecule has 4 aliphatic carbocycles. The van der Waals surface area contributed by atoms with E-state index in [9.17, 15) is 28.0 Å². The van der Waals surface area contributed by atoms with E-state index >= 15 is 0 Å². The number of carbonyl (C=O) groups excluding carboxylic acids is 2. The fourth-order valence-electron chi connectivity index (χ4n) is 5.32. The van der Waals surface area contributed by atoms with Gasteiger partial charge in [0.05, 0.1) is 10.8 Å². The third-order valence-electron chi connectivity index (χ3n) is 6.95. The number of hydrogen-bond acceptors (Lipinski definition) is 7. The molecule has 198 valence electrons. The molecule has 0 amide bonds. The van der Waals surface area contributed by atoms with Crippen molar-refractivity contribution in [1.29, 1.82) is 0 Å². The average molecular weight is 527 g/mol. The first-order valence-corrected chi connectivity index (χ1v) is 12.9. The molecule has 0 bridgehead atoms. The number of halogens is 3. The predicted molar refractivity (Wildman–Crippen MR) is 130 cm³/mol. The van der Waals surface area contributed by atoms with Crippen LogP contribution in [-0.2, 0) is 19.1 Å². The van der Waals surface area contributed by atoms with Crippen molar-refractivity contribution >= 4 is 23.9 Å². The molecule has 4 rings (SSSR count). The molecule has 10 heteroatoms. The molecule has 4 aliphatic rings. The summed E-state index contributed by atoms with van der Waals surface area (Å²) in [5.41, 5.74) is -2.17. The normalized spacial score (nSPS) is 31.9. The number of carbonyl (C=O) groups is 2. The van der Waals surface area contributed by atoms with Gasteiger partial charge in [-0.05, 0) is 73.7 Å². The number of allylic oxidation sites excluding steroid dienone is 6. The van der Waals surface area contributed by atoms with Crippen LogP contribution in [-0.4, -0.2) is 41.2 Å². The van der Waals surface area contributed by atoms with E-state index in [4.69, 9.17) is 9.47 Å². The number of fused-ring (bicyclic) bond motifs is 2. The van der Waals surface area contributed by atoms with Crippen molar-refractivity contribution in [3.05, 3.63) is 51.8 Å². The molecule has 0 aromatic rings. The molecule has 2 fully saturated rings. The number of rotatable bonds is 8. The summed E-state index contributed by atoms with van der Waals surface area (Å²) in [6.45, 7) is 6.15. The number of nitrogens with zero attached hydrogens (tertiary/aromatic N) is 1. The lowest BCUT2D eigenvalue weighted by Crippen LogP contribution is -2.40. The predicted octanol–water partition coefficient (Wildman–Crippen LogP) is 6.01. The van der Waals surface area contributed by atoms with Gasteiger partial charge in [-0.15, -0.1) is 0 Å². The summed E-state index contributed by atoms with van der Waals surface area (Å²) >= 11 is -0.863. The second-order valence-corrected chi connectivity index (χ2v) is 12.0. The maximum Gasteiger partial charge on any atom is 0.455 e. The van der Waals surface area contributed by atoms with E-state index in [2.05, 4.69) is 12.2 Å². The van der Waals surface area contributed by atoms with E-state index in [-0.39, 0.29) is 16.3 Å². The Bertz CT molecular complexity index is 1060. The van der Waals surface area contributed by atoms with E-state index in [1.807, 2.05) is 26.0 Å². The summed E-state index contributed by atoms with van der Waals surface area (Å²) < 4.78 is 48.9. The first-order chi connectivity index (χ1) is 16.7. The second kappa shape index (κ2) is 9.68. The van der Waals surface area contributed by atoms with Gasteiger partial charge in [-0.3, -0.25) is 9.59 Å². The van der Waals surface area contributed by atoms with Gasteiger partial charge in [0.1, 0.15) is 12.7 Å². The Balaban J connectivity index is 1.45. The molecule has 2 saturated carbocycles. The molecule has 5 unspecified atom stereocenters. The lowest BCUT2D eigenvalue weighted by Gasteiger charge is -2.34. The Morgan fingerprint density at radius 2 is 1.53 bits per heavy atom. The number of hydroxylamine groups is 1. The first kappa shape index (κ1) is 27.0. The summed E-state index contributed by atoms with van der Waals surface area (Å²) in [5.74, 6) is -0.964. The highest BCUT2D eigenvalue weighted by Crippen LogP contribution is 2.48. The van der Waals surface area contributed by atoms with Gasteiger partial charge >= 0.3 is 17.4 Å². The quantitative estimate of drug-likeness (QED) is 0.218. The minimum Gasteiger partial charge on any atom is -0.775 e. The summed E-state index contributed by atoms with van der Waals surface area (Å²) in [4.78, 5) is 26.3. The molecular weight excluding hydrogens is 495 g/mol. The molecule has 0 spiro atoms. The number of esters is 2. The lowest BCUT2D eigenvalue weighted by molar-refractivity contribution is -0.169. The van der Waals surface area contributed by atoms with Crippen LogP contribution >= 0.6 is 11.9 Å². The fourth-order valence-corrected chi connectivity index (χ4v) is 5.79. The van der Waals surface area contributed by atoms with Gasteiger partial charge < -0.3 is 19.1 Å². The van der Waals surface area contributed by atoms with E-state index < -0.39 is 59.5 Å². The topological polar surface area (TPSA) is 78.9 Å². The highest BCUT2D eigenvalue weighted by Gasteiger charge is 2.43. The average Bonchev–Trinajstić information content (AvgIpc) is 3.61. The van der Waals surface area contributed by atoms with Crippen molar-refractivity contribution in [2.45, 2.75) is 65.0 Å². The van der Waals surface area contributed by atoms with E-state index in [0.29, 0.717) is 12.8 Å². The summed E-state index contributed by atoms with van der Waals surface area (Å²) in [6.07, 6.45) is 9.20. The zero-order chi connectivity index (χ0) is 26.5. The van der Waals surface area contributed by atoms with Crippen molar-refractivity contribution < 1.29 is 32.2 Å². The standard InChI is InChI=1S/C26H31F3NO5S/c1-15-5-17-7-19(17)11-24(3,9-15)22(31)34-14-21(13-30(33)36-26(27,28)29)35-23(32)25(4)10-16(2)6-18-8-20(18)12-25/h5-6,11-12,15-16,21H,7-10,13-14H2,1-4H3/q-1. The van der Waals surface area contributed by atoms with Gasteiger partial charge in [0.15, 0.2) is 0 Å². The molecule has 0 heterocycles. The Hall–Kier alpha value is -2.04. The van der Waals surface area contributed by atoms with E-state index in [1.165, 1.54) is 11.1 Å². The van der Waals surface area contributed by atoms with Crippen LogP contribution in [0.2, 0.25) is 0 Å². The number of ether oxygens (including phenoxy) is 2. The molecule has 36 heavy (non-hydrogen) atoms. The smallest absolute Gasteiger partial charge is 0.455 e. The fraction of sp³-hybridized carbons (Fsp3) is 0.615. The minimum atomic E-state index is -4.79. The zero-order valence-electron chi connectivity index (χ0n) is 20.8. The van der Waals surface area contributed by atoms with Crippen LogP contribution in [0.15, 0.2) is 46.6 Å². The Labute approximate surface area is 213 Å². The summed E-state index contributed by atoms with van der Waals surface area (Å²) in [6, 6.07) is 0. The third kappa shape index (κ3) is 6.63. The molecule has 0 saturated heterocycles.